The van der Waals surface area contributed by atoms with Crippen LogP contribution in [0.15, 0.2) is 71.2 Å². The highest BCUT2D eigenvalue weighted by molar-refractivity contribution is 6.06. The zero-order chi connectivity index (χ0) is 26.5. The summed E-state index contributed by atoms with van der Waals surface area (Å²) in [4.78, 5) is 27.5. The summed E-state index contributed by atoms with van der Waals surface area (Å²) in [6.45, 7) is 0.647. The van der Waals surface area contributed by atoms with E-state index in [-0.39, 0.29) is 46.8 Å². The molecule has 2 N–H and O–H groups in total. The molecule has 9 nitrogen and oxygen atoms in total. The number of halogens is 1. The molecule has 0 saturated carbocycles. The summed E-state index contributed by atoms with van der Waals surface area (Å²) in [5, 5.41) is 10.2. The summed E-state index contributed by atoms with van der Waals surface area (Å²) >= 11 is 0. The van der Waals surface area contributed by atoms with Crippen molar-refractivity contribution in [2.24, 2.45) is 5.73 Å². The number of rotatable bonds is 7. The van der Waals surface area contributed by atoms with E-state index in [4.69, 9.17) is 24.7 Å². The largest absolute Gasteiger partial charge is 0.486 e. The zero-order valence-corrected chi connectivity index (χ0v) is 20.4. The van der Waals surface area contributed by atoms with Crippen LogP contribution in [0.3, 0.4) is 0 Å². The maximum Gasteiger partial charge on any atom is 0.355 e. The van der Waals surface area contributed by atoms with Crippen molar-refractivity contribution in [2.45, 2.75) is 24.9 Å². The number of methoxy groups -OCH3 is 2. The van der Waals surface area contributed by atoms with E-state index in [9.17, 15) is 14.9 Å². The van der Waals surface area contributed by atoms with Crippen molar-refractivity contribution in [2.75, 3.05) is 32.3 Å². The van der Waals surface area contributed by atoms with Crippen LogP contribution in [-0.2, 0) is 23.8 Å². The van der Waals surface area contributed by atoms with Gasteiger partial charge in [-0.15, -0.1) is 0 Å². The lowest BCUT2D eigenvalue weighted by Gasteiger charge is -2.36. The lowest BCUT2D eigenvalue weighted by Crippen LogP contribution is -2.41. The third-order valence-corrected chi connectivity index (χ3v) is 6.24. The smallest absolute Gasteiger partial charge is 0.355 e. The molecule has 2 atom stereocenters. The summed E-state index contributed by atoms with van der Waals surface area (Å²) in [7, 11) is 2.29. The van der Waals surface area contributed by atoms with E-state index in [0.717, 1.165) is 32.0 Å². The molecule has 2 heterocycles. The van der Waals surface area contributed by atoms with Crippen LogP contribution in [0, 0.1) is 17.1 Å². The van der Waals surface area contributed by atoms with E-state index in [1.807, 2.05) is 0 Å². The highest BCUT2D eigenvalue weighted by Crippen LogP contribution is 2.45. The Morgan fingerprint density at radius 3 is 2.49 bits per heavy atom. The van der Waals surface area contributed by atoms with Gasteiger partial charge in [-0.05, 0) is 30.5 Å². The number of nitriles is 1. The molecule has 0 radical (unpaired) electrons. The zero-order valence-electron chi connectivity index (χ0n) is 20.4. The highest BCUT2D eigenvalue weighted by atomic mass is 19.1. The second kappa shape index (κ2) is 11.1. The molecule has 0 aromatic heterocycles. The molecule has 1 saturated heterocycles. The second-order valence-corrected chi connectivity index (χ2v) is 8.37. The van der Waals surface area contributed by atoms with Gasteiger partial charge in [0.2, 0.25) is 0 Å². The quantitative estimate of drug-likeness (QED) is 0.562. The first kappa shape index (κ1) is 25.7. The molecule has 10 heteroatoms. The molecule has 2 aliphatic heterocycles. The number of benzene rings is 2. The Morgan fingerprint density at radius 1 is 1.14 bits per heavy atom. The maximum absolute atomic E-state index is 15.1. The van der Waals surface area contributed by atoms with Crippen LogP contribution in [0.5, 0.6) is 5.75 Å². The van der Waals surface area contributed by atoms with E-state index in [1.54, 1.807) is 30.3 Å². The maximum atomic E-state index is 15.1. The number of allylic oxidation sites excluding steroid dienone is 1. The van der Waals surface area contributed by atoms with Crippen LogP contribution in [0.4, 0.5) is 10.1 Å². The van der Waals surface area contributed by atoms with Gasteiger partial charge in [-0.25, -0.2) is 14.0 Å². The van der Waals surface area contributed by atoms with Crippen molar-refractivity contribution in [3.05, 3.63) is 82.6 Å². The van der Waals surface area contributed by atoms with Gasteiger partial charge in [0.05, 0.1) is 49.1 Å². The minimum absolute atomic E-state index is 0.0107. The first-order valence-corrected chi connectivity index (χ1v) is 11.6. The van der Waals surface area contributed by atoms with E-state index in [0.29, 0.717) is 12.2 Å². The van der Waals surface area contributed by atoms with Crippen molar-refractivity contribution in [3.63, 3.8) is 0 Å². The highest BCUT2D eigenvalue weighted by Gasteiger charge is 2.44. The van der Waals surface area contributed by atoms with Gasteiger partial charge in [0, 0.05) is 6.61 Å². The van der Waals surface area contributed by atoms with Gasteiger partial charge in [-0.2, -0.15) is 5.26 Å². The minimum atomic E-state index is -1.03. The van der Waals surface area contributed by atoms with Gasteiger partial charge in [0.15, 0.2) is 11.6 Å². The fraction of sp³-hybridized carbons (Fsp3) is 0.296. The van der Waals surface area contributed by atoms with E-state index in [2.05, 4.69) is 6.07 Å². The Labute approximate surface area is 213 Å². The van der Waals surface area contributed by atoms with Gasteiger partial charge in [-0.3, -0.25) is 4.90 Å². The predicted octanol–water partition coefficient (Wildman–Crippen LogP) is 3.28. The van der Waals surface area contributed by atoms with Crippen LogP contribution < -0.4 is 15.4 Å². The summed E-state index contributed by atoms with van der Waals surface area (Å²) in [5.74, 6) is -3.98. The molecule has 192 valence electrons. The number of hydrogen-bond acceptors (Lipinski definition) is 9. The Hall–Kier alpha value is -4.36. The summed E-state index contributed by atoms with van der Waals surface area (Å²) < 4.78 is 36.6. The van der Waals surface area contributed by atoms with Crippen LogP contribution in [0.1, 0.15) is 24.3 Å². The Balaban J connectivity index is 1.96. The van der Waals surface area contributed by atoms with Gasteiger partial charge in [0.25, 0.3) is 0 Å². The second-order valence-electron chi connectivity index (χ2n) is 8.37. The number of nitrogens with zero attached hydrogens (tertiary/aromatic N) is 2. The third kappa shape index (κ3) is 4.86. The van der Waals surface area contributed by atoms with E-state index in [1.165, 1.54) is 18.2 Å². The van der Waals surface area contributed by atoms with Crippen LogP contribution in [0.2, 0.25) is 0 Å². The number of nitrogens with two attached hydrogens (primary N) is 1. The van der Waals surface area contributed by atoms with Gasteiger partial charge < -0.3 is 24.7 Å². The Morgan fingerprint density at radius 2 is 1.86 bits per heavy atom. The third-order valence-electron chi connectivity index (χ3n) is 6.24. The Bertz CT molecular complexity index is 1290. The monoisotopic (exact) mass is 507 g/mol. The summed E-state index contributed by atoms with van der Waals surface area (Å²) in [5.41, 5.74) is 6.51. The normalized spacial score (nSPS) is 19.5. The molecule has 1 fully saturated rings. The fourth-order valence-electron chi connectivity index (χ4n) is 4.53. The van der Waals surface area contributed by atoms with Gasteiger partial charge in [0.1, 0.15) is 18.1 Å². The number of ether oxygens (including phenoxy) is 4. The molecular weight excluding hydrogens is 481 g/mol. The van der Waals surface area contributed by atoms with Gasteiger partial charge in [-0.1, -0.05) is 36.4 Å². The molecule has 2 aromatic carbocycles. The number of carbonyl (C=O) groups excluding carboxylic acids is 2. The van der Waals surface area contributed by atoms with Crippen molar-refractivity contribution in [3.8, 4) is 11.8 Å². The lowest BCUT2D eigenvalue weighted by molar-refractivity contribution is -0.139. The molecular formula is C27H26FN3O6. The molecule has 2 aromatic rings. The van der Waals surface area contributed by atoms with Gasteiger partial charge >= 0.3 is 11.9 Å². The SMILES string of the molecule is COC(=O)C1=C(C(=O)OC)N(c2cccc(F)c2OCC2CCCO2)C(N)=C(C#N)C1c1ccccc1. The molecule has 4 rings (SSSR count). The van der Waals surface area contributed by atoms with E-state index >= 15 is 4.39 Å². The van der Waals surface area contributed by atoms with Crippen LogP contribution in [-0.4, -0.2) is 45.5 Å². The van der Waals surface area contributed by atoms with Crippen molar-refractivity contribution >= 4 is 17.6 Å². The topological polar surface area (TPSA) is 124 Å². The van der Waals surface area contributed by atoms with Crippen molar-refractivity contribution < 1.29 is 32.9 Å². The van der Waals surface area contributed by atoms with Crippen molar-refractivity contribution in [1.29, 1.82) is 5.26 Å². The number of esters is 2. The summed E-state index contributed by atoms with van der Waals surface area (Å²) in [6.07, 6.45) is 1.40. The average molecular weight is 508 g/mol. The lowest BCUT2D eigenvalue weighted by atomic mass is 9.81. The number of carbonyl (C=O) groups is 2. The number of para-hydroxylation sites is 1. The molecule has 0 spiro atoms. The molecule has 0 amide bonds. The molecule has 0 bridgehead atoms. The molecule has 2 aliphatic rings. The Kier molecular flexibility index (Phi) is 7.74. The standard InChI is InChI=1S/C27H26FN3O6/c1-34-26(32)22-21(16-8-4-3-5-9-16)18(14-29)25(30)31(23(22)27(33)35-2)20-12-6-11-19(28)24(20)37-15-17-10-7-13-36-17/h3-6,8-9,11-12,17,21H,7,10,13,15,30H2,1-2H3. The van der Waals surface area contributed by atoms with Crippen LogP contribution >= 0.6 is 0 Å². The predicted molar refractivity (Wildman–Crippen MR) is 130 cm³/mol. The molecule has 0 aliphatic carbocycles. The first-order valence-electron chi connectivity index (χ1n) is 11.6. The molecule has 2 unspecified atom stereocenters. The van der Waals surface area contributed by atoms with E-state index < -0.39 is 23.7 Å². The minimum Gasteiger partial charge on any atom is -0.486 e. The fourth-order valence-corrected chi connectivity index (χ4v) is 4.53. The van der Waals surface area contributed by atoms with Crippen molar-refractivity contribution in [1.82, 2.24) is 0 Å². The number of anilines is 1. The number of hydrogen-bond donors (Lipinski definition) is 1. The molecule has 37 heavy (non-hydrogen) atoms. The van der Waals surface area contributed by atoms with Crippen LogP contribution in [0.25, 0.3) is 0 Å². The first-order chi connectivity index (χ1) is 17.9. The summed E-state index contributed by atoms with van der Waals surface area (Å²) in [6, 6.07) is 14.7. The average Bonchev–Trinajstić information content (AvgIpc) is 3.45.